The van der Waals surface area contributed by atoms with Gasteiger partial charge in [0.2, 0.25) is 5.91 Å². The molecule has 1 aliphatic rings. The van der Waals surface area contributed by atoms with Gasteiger partial charge in [-0.1, -0.05) is 6.92 Å². The number of nitrogens with zero attached hydrogens (tertiary/aromatic N) is 2. The first kappa shape index (κ1) is 18.1. The highest BCUT2D eigenvalue weighted by molar-refractivity contribution is 7.99. The van der Waals surface area contributed by atoms with E-state index in [4.69, 9.17) is 4.99 Å². The van der Waals surface area contributed by atoms with Crippen molar-refractivity contribution in [3.05, 3.63) is 0 Å². The summed E-state index contributed by atoms with van der Waals surface area (Å²) in [4.78, 5) is 18.5. The fraction of sp³-hybridized carbons (Fsp3) is 0.867. The van der Waals surface area contributed by atoms with Crippen LogP contribution < -0.4 is 10.6 Å². The molecule has 0 aromatic heterocycles. The second-order valence-corrected chi connectivity index (χ2v) is 6.82. The predicted octanol–water partition coefficient (Wildman–Crippen LogP) is 1.55. The Bertz CT molecular complexity index is 341. The number of aliphatic imine (C=N–C) groups is 1. The first-order valence-corrected chi connectivity index (χ1v) is 9.16. The van der Waals surface area contributed by atoms with Crippen LogP contribution in [0.1, 0.15) is 33.1 Å². The summed E-state index contributed by atoms with van der Waals surface area (Å²) in [5.74, 6) is 1.69. The van der Waals surface area contributed by atoms with E-state index in [0.717, 1.165) is 45.0 Å². The average molecular weight is 314 g/mol. The van der Waals surface area contributed by atoms with E-state index in [1.807, 2.05) is 11.8 Å². The van der Waals surface area contributed by atoms with E-state index in [2.05, 4.69) is 35.6 Å². The van der Waals surface area contributed by atoms with E-state index < -0.39 is 0 Å². The molecule has 0 aliphatic carbocycles. The predicted molar refractivity (Wildman–Crippen MR) is 91.9 cm³/mol. The fourth-order valence-electron chi connectivity index (χ4n) is 2.43. The first-order chi connectivity index (χ1) is 10.1. The van der Waals surface area contributed by atoms with Crippen molar-refractivity contribution in [1.82, 2.24) is 15.5 Å². The van der Waals surface area contributed by atoms with Gasteiger partial charge in [0.05, 0.1) is 6.54 Å². The van der Waals surface area contributed by atoms with E-state index in [0.29, 0.717) is 17.6 Å². The molecule has 0 aromatic rings. The van der Waals surface area contributed by atoms with Crippen LogP contribution in [0.4, 0.5) is 0 Å². The maximum absolute atomic E-state index is 11.4. The summed E-state index contributed by atoms with van der Waals surface area (Å²) < 4.78 is 0. The fourth-order valence-corrected chi connectivity index (χ4v) is 2.65. The molecule has 6 heteroatoms. The summed E-state index contributed by atoms with van der Waals surface area (Å²) in [6, 6.07) is 0. The van der Waals surface area contributed by atoms with Crippen LogP contribution in [0.2, 0.25) is 0 Å². The maximum Gasteiger partial charge on any atom is 0.220 e. The number of rotatable bonds is 6. The Morgan fingerprint density at radius 1 is 1.43 bits per heavy atom. The summed E-state index contributed by atoms with van der Waals surface area (Å²) in [6.07, 6.45) is 4.91. The molecule has 1 atom stereocenters. The number of hydrogen-bond acceptors (Lipinski definition) is 3. The van der Waals surface area contributed by atoms with Gasteiger partial charge in [0, 0.05) is 38.4 Å². The molecule has 2 N–H and O–H groups in total. The lowest BCUT2D eigenvalue weighted by Gasteiger charge is -2.34. The van der Waals surface area contributed by atoms with Crippen LogP contribution in [0.15, 0.2) is 4.99 Å². The molecule has 1 rings (SSSR count). The Labute approximate surface area is 133 Å². The Kier molecular flexibility index (Phi) is 8.57. The van der Waals surface area contributed by atoms with Crippen LogP contribution in [0.25, 0.3) is 0 Å². The molecular weight excluding hydrogens is 284 g/mol. The quantitative estimate of drug-likeness (QED) is 0.577. The van der Waals surface area contributed by atoms with Crippen molar-refractivity contribution >= 4 is 23.6 Å². The number of piperidine rings is 1. The van der Waals surface area contributed by atoms with Crippen molar-refractivity contribution in [3.63, 3.8) is 0 Å². The van der Waals surface area contributed by atoms with Gasteiger partial charge in [-0.3, -0.25) is 9.79 Å². The molecule has 122 valence electrons. The van der Waals surface area contributed by atoms with Crippen molar-refractivity contribution in [1.29, 1.82) is 0 Å². The van der Waals surface area contributed by atoms with Gasteiger partial charge in [-0.15, -0.1) is 0 Å². The molecule has 0 radical (unpaired) electrons. The molecule has 1 heterocycles. The van der Waals surface area contributed by atoms with E-state index in [9.17, 15) is 4.79 Å². The molecule has 5 nitrogen and oxygen atoms in total. The standard InChI is InChI=1S/C15H30N4OS/c1-5-17-15(18-11-12(2)21-4)19-8-6-13(7-9-19)10-14(20)16-3/h12-13H,5-11H2,1-4H3,(H,16,20)(H,17,18). The van der Waals surface area contributed by atoms with Crippen molar-refractivity contribution in [2.24, 2.45) is 10.9 Å². The van der Waals surface area contributed by atoms with Crippen molar-refractivity contribution in [2.75, 3.05) is 39.5 Å². The van der Waals surface area contributed by atoms with Gasteiger partial charge < -0.3 is 15.5 Å². The number of nitrogens with one attached hydrogen (secondary N) is 2. The SMILES string of the molecule is CCNC(=NCC(C)SC)N1CCC(CC(=O)NC)CC1. The second-order valence-electron chi connectivity index (χ2n) is 5.55. The minimum atomic E-state index is 0.155. The van der Waals surface area contributed by atoms with E-state index in [1.165, 1.54) is 0 Å². The largest absolute Gasteiger partial charge is 0.359 e. The van der Waals surface area contributed by atoms with Crippen molar-refractivity contribution < 1.29 is 4.79 Å². The Morgan fingerprint density at radius 2 is 2.10 bits per heavy atom. The number of amides is 1. The second kappa shape index (κ2) is 9.92. The monoisotopic (exact) mass is 314 g/mol. The maximum atomic E-state index is 11.4. The minimum absolute atomic E-state index is 0.155. The highest BCUT2D eigenvalue weighted by atomic mass is 32.2. The molecule has 1 amide bonds. The van der Waals surface area contributed by atoms with Gasteiger partial charge in [-0.2, -0.15) is 11.8 Å². The number of thioether (sulfide) groups is 1. The molecule has 21 heavy (non-hydrogen) atoms. The number of hydrogen-bond donors (Lipinski definition) is 2. The van der Waals surface area contributed by atoms with Crippen molar-refractivity contribution in [2.45, 2.75) is 38.4 Å². The normalized spacial score (nSPS) is 18.5. The zero-order chi connectivity index (χ0) is 15.7. The molecule has 1 unspecified atom stereocenters. The van der Waals surface area contributed by atoms with Gasteiger partial charge in [-0.05, 0) is 31.9 Å². The molecule has 0 bridgehead atoms. The summed E-state index contributed by atoms with van der Waals surface area (Å²) in [7, 11) is 1.71. The lowest BCUT2D eigenvalue weighted by Crippen LogP contribution is -2.46. The number of carbonyl (C=O) groups excluding carboxylic acids is 1. The zero-order valence-corrected chi connectivity index (χ0v) is 14.6. The third kappa shape index (κ3) is 6.59. The van der Waals surface area contributed by atoms with Gasteiger partial charge in [-0.25, -0.2) is 0 Å². The highest BCUT2D eigenvalue weighted by Gasteiger charge is 2.23. The summed E-state index contributed by atoms with van der Waals surface area (Å²) >= 11 is 1.84. The average Bonchev–Trinajstić information content (AvgIpc) is 2.51. The number of carbonyl (C=O) groups is 1. The molecule has 1 aliphatic heterocycles. The van der Waals surface area contributed by atoms with E-state index >= 15 is 0 Å². The highest BCUT2D eigenvalue weighted by Crippen LogP contribution is 2.20. The van der Waals surface area contributed by atoms with Crippen molar-refractivity contribution in [3.8, 4) is 0 Å². The van der Waals surface area contributed by atoms with Crippen LogP contribution >= 0.6 is 11.8 Å². The zero-order valence-electron chi connectivity index (χ0n) is 13.8. The third-order valence-electron chi connectivity index (χ3n) is 3.90. The smallest absolute Gasteiger partial charge is 0.220 e. The molecular formula is C15H30N4OS. The molecule has 1 fully saturated rings. The molecule has 0 saturated carbocycles. The number of likely N-dealkylation sites (tertiary alicyclic amines) is 1. The molecule has 0 spiro atoms. The summed E-state index contributed by atoms with van der Waals surface area (Å²) in [5, 5.41) is 6.65. The molecule has 0 aromatic carbocycles. The summed E-state index contributed by atoms with van der Waals surface area (Å²) in [5.41, 5.74) is 0. The Hall–Kier alpha value is -0.910. The topological polar surface area (TPSA) is 56.7 Å². The van der Waals surface area contributed by atoms with Gasteiger partial charge in [0.15, 0.2) is 5.96 Å². The first-order valence-electron chi connectivity index (χ1n) is 7.87. The molecule has 1 saturated heterocycles. The number of guanidine groups is 1. The van der Waals surface area contributed by atoms with Gasteiger partial charge >= 0.3 is 0 Å². The summed E-state index contributed by atoms with van der Waals surface area (Å²) in [6.45, 7) is 8.02. The Balaban J connectivity index is 2.49. The van der Waals surface area contributed by atoms with Crippen LogP contribution in [0.3, 0.4) is 0 Å². The third-order valence-corrected chi connectivity index (χ3v) is 4.86. The Morgan fingerprint density at radius 3 is 2.62 bits per heavy atom. The van der Waals surface area contributed by atoms with E-state index in [1.54, 1.807) is 7.05 Å². The van der Waals surface area contributed by atoms with Gasteiger partial charge in [0.25, 0.3) is 0 Å². The van der Waals surface area contributed by atoms with Crippen LogP contribution in [-0.4, -0.2) is 61.5 Å². The van der Waals surface area contributed by atoms with Crippen LogP contribution in [-0.2, 0) is 4.79 Å². The van der Waals surface area contributed by atoms with E-state index in [-0.39, 0.29) is 5.91 Å². The lowest BCUT2D eigenvalue weighted by atomic mass is 9.93. The minimum Gasteiger partial charge on any atom is -0.359 e. The lowest BCUT2D eigenvalue weighted by molar-refractivity contribution is -0.121. The van der Waals surface area contributed by atoms with Crippen LogP contribution in [0.5, 0.6) is 0 Å². The van der Waals surface area contributed by atoms with Crippen LogP contribution in [0, 0.1) is 5.92 Å². The van der Waals surface area contributed by atoms with Gasteiger partial charge in [0.1, 0.15) is 0 Å².